The summed E-state index contributed by atoms with van der Waals surface area (Å²) in [7, 11) is -3.09. The van der Waals surface area contributed by atoms with Gasteiger partial charge in [0, 0.05) is 31.3 Å². The molecule has 0 amide bonds. The van der Waals surface area contributed by atoms with Crippen molar-refractivity contribution in [1.82, 2.24) is 4.31 Å². The Morgan fingerprint density at radius 2 is 1.92 bits per heavy atom. The zero-order valence-electron chi connectivity index (χ0n) is 13.5. The Bertz CT molecular complexity index is 689. The van der Waals surface area contributed by atoms with Crippen molar-refractivity contribution < 1.29 is 22.4 Å². The van der Waals surface area contributed by atoms with Crippen LogP contribution in [0.25, 0.3) is 0 Å². The molecule has 1 saturated carbocycles. The topological polar surface area (TPSA) is 76.1 Å². The van der Waals surface area contributed by atoms with Gasteiger partial charge in [0.15, 0.2) is 12.0 Å². The molecular weight excluding hydrogens is 354 g/mol. The average Bonchev–Trinajstić information content (AvgIpc) is 2.86. The maximum Gasteiger partial charge on any atom is 0.337 e. The number of likely N-dealkylation sites (N-methyl/N-ethyl adjacent to an activating group) is 1. The molecule has 2 fully saturated rings. The first-order valence-electron chi connectivity index (χ1n) is 8.10. The molecule has 8 heteroatoms. The van der Waals surface area contributed by atoms with Crippen LogP contribution < -0.4 is 0 Å². The summed E-state index contributed by atoms with van der Waals surface area (Å²) in [5, 5.41) is 0.596. The molecule has 24 heavy (non-hydrogen) atoms. The van der Waals surface area contributed by atoms with Crippen molar-refractivity contribution in [2.45, 2.75) is 56.6 Å². The molecule has 3 rings (SSSR count). The number of halogens is 1. The van der Waals surface area contributed by atoms with Gasteiger partial charge in [0.2, 0.25) is 0 Å². The number of benzene rings is 1. The van der Waals surface area contributed by atoms with Gasteiger partial charge < -0.3 is 9.47 Å². The minimum atomic E-state index is -4.38. The van der Waals surface area contributed by atoms with Crippen molar-refractivity contribution in [2.24, 2.45) is 0 Å². The lowest BCUT2D eigenvalue weighted by atomic mass is 9.94. The highest BCUT2D eigenvalue weighted by atomic mass is 35.5. The lowest BCUT2D eigenvalue weighted by molar-refractivity contribution is -0.200. The molecule has 6 nitrogen and oxygen atoms in total. The van der Waals surface area contributed by atoms with Gasteiger partial charge in [-0.15, -0.1) is 0 Å². The lowest BCUT2D eigenvalue weighted by Crippen LogP contribution is -2.44. The highest BCUT2D eigenvalue weighted by Gasteiger charge is 2.51. The molecule has 1 aromatic carbocycles. The van der Waals surface area contributed by atoms with Gasteiger partial charge in [-0.2, -0.15) is 12.7 Å². The molecule has 1 aromatic rings. The van der Waals surface area contributed by atoms with E-state index in [1.54, 1.807) is 6.07 Å². The Labute approximate surface area is 147 Å². The standard InChI is InChI=1S/C16H22ClNO5S/c1-18(24(19,20)21)15-14(11-12-7-3-4-8-13(12)17)22-16(23-15)9-5-2-6-10-16/h3-4,7-8,14-15H,2,5-6,9-11H2,1H3,(H,19,20,21). The third-order valence-electron chi connectivity index (χ3n) is 4.74. The summed E-state index contributed by atoms with van der Waals surface area (Å²) in [6.07, 6.45) is 3.50. The quantitative estimate of drug-likeness (QED) is 0.818. The van der Waals surface area contributed by atoms with Crippen LogP contribution in [0.15, 0.2) is 24.3 Å². The Hall–Kier alpha value is -0.700. The average molecular weight is 376 g/mol. The Balaban J connectivity index is 1.86. The molecule has 134 valence electrons. The molecule has 0 bridgehead atoms. The first kappa shape index (κ1) is 18.1. The molecule has 1 saturated heterocycles. The van der Waals surface area contributed by atoms with Gasteiger partial charge in [-0.1, -0.05) is 36.2 Å². The van der Waals surface area contributed by atoms with Crippen LogP contribution in [-0.4, -0.2) is 42.4 Å². The van der Waals surface area contributed by atoms with E-state index < -0.39 is 28.4 Å². The summed E-state index contributed by atoms with van der Waals surface area (Å²) in [4.78, 5) is 0. The summed E-state index contributed by atoms with van der Waals surface area (Å²) in [6, 6.07) is 7.36. The van der Waals surface area contributed by atoms with Crippen molar-refractivity contribution in [2.75, 3.05) is 7.05 Å². The Morgan fingerprint density at radius 3 is 2.54 bits per heavy atom. The van der Waals surface area contributed by atoms with E-state index in [0.29, 0.717) is 11.4 Å². The number of hydrogen-bond acceptors (Lipinski definition) is 4. The maximum atomic E-state index is 11.6. The van der Waals surface area contributed by atoms with Gasteiger partial charge in [0.25, 0.3) is 0 Å². The molecule has 1 aliphatic heterocycles. The van der Waals surface area contributed by atoms with Gasteiger partial charge in [0.1, 0.15) is 6.10 Å². The van der Waals surface area contributed by atoms with Crippen LogP contribution in [0.2, 0.25) is 5.02 Å². The van der Waals surface area contributed by atoms with Crippen LogP contribution in [0, 0.1) is 0 Å². The fraction of sp³-hybridized carbons (Fsp3) is 0.625. The summed E-state index contributed by atoms with van der Waals surface area (Å²) < 4.78 is 45.6. The molecule has 0 aromatic heterocycles. The number of hydrogen-bond donors (Lipinski definition) is 1. The third-order valence-corrected chi connectivity index (χ3v) is 6.04. The van der Waals surface area contributed by atoms with E-state index in [9.17, 15) is 13.0 Å². The van der Waals surface area contributed by atoms with Gasteiger partial charge in [-0.3, -0.25) is 4.55 Å². The molecule has 1 spiro atoms. The van der Waals surface area contributed by atoms with Crippen molar-refractivity contribution >= 4 is 21.9 Å². The van der Waals surface area contributed by atoms with Crippen molar-refractivity contribution in [3.05, 3.63) is 34.9 Å². The molecule has 2 atom stereocenters. The molecule has 0 radical (unpaired) electrons. The minimum Gasteiger partial charge on any atom is -0.342 e. The fourth-order valence-corrected chi connectivity index (χ4v) is 4.10. The van der Waals surface area contributed by atoms with E-state index in [-0.39, 0.29) is 0 Å². The first-order chi connectivity index (χ1) is 11.3. The molecule has 2 unspecified atom stereocenters. The second-order valence-corrected chi connectivity index (χ2v) is 8.30. The molecule has 1 heterocycles. The Kier molecular flexibility index (Phi) is 5.20. The zero-order valence-corrected chi connectivity index (χ0v) is 15.1. The van der Waals surface area contributed by atoms with Crippen molar-refractivity contribution in [3.8, 4) is 0 Å². The molecular formula is C16H22ClNO5S. The molecule has 1 N–H and O–H groups in total. The molecule has 2 aliphatic rings. The second kappa shape index (κ2) is 6.90. The van der Waals surface area contributed by atoms with Gasteiger partial charge >= 0.3 is 10.3 Å². The van der Waals surface area contributed by atoms with E-state index in [0.717, 1.165) is 42.0 Å². The predicted octanol–water partition coefficient (Wildman–Crippen LogP) is 3.02. The van der Waals surface area contributed by atoms with Crippen LogP contribution >= 0.6 is 11.6 Å². The minimum absolute atomic E-state index is 0.409. The van der Waals surface area contributed by atoms with E-state index in [1.807, 2.05) is 18.2 Å². The normalized spacial score (nSPS) is 27.0. The fourth-order valence-electron chi connectivity index (χ4n) is 3.45. The number of ether oxygens (including phenoxy) is 2. The van der Waals surface area contributed by atoms with Crippen LogP contribution in [0.1, 0.15) is 37.7 Å². The largest absolute Gasteiger partial charge is 0.342 e. The van der Waals surface area contributed by atoms with Crippen LogP contribution in [0.5, 0.6) is 0 Å². The number of rotatable bonds is 4. The van der Waals surface area contributed by atoms with Crippen LogP contribution in [-0.2, 0) is 26.2 Å². The van der Waals surface area contributed by atoms with Gasteiger partial charge in [-0.05, 0) is 24.5 Å². The van der Waals surface area contributed by atoms with Crippen molar-refractivity contribution in [1.29, 1.82) is 0 Å². The molecule has 1 aliphatic carbocycles. The predicted molar refractivity (Wildman–Crippen MR) is 90.0 cm³/mol. The van der Waals surface area contributed by atoms with Crippen LogP contribution in [0.3, 0.4) is 0 Å². The highest BCUT2D eigenvalue weighted by Crippen LogP contribution is 2.42. The smallest absolute Gasteiger partial charge is 0.337 e. The number of nitrogens with zero attached hydrogens (tertiary/aromatic N) is 1. The lowest BCUT2D eigenvalue weighted by Gasteiger charge is -2.32. The van der Waals surface area contributed by atoms with Gasteiger partial charge in [0.05, 0.1) is 0 Å². The summed E-state index contributed by atoms with van der Waals surface area (Å²) in [5.74, 6) is -0.770. The van der Waals surface area contributed by atoms with E-state index >= 15 is 0 Å². The Morgan fingerprint density at radius 1 is 1.25 bits per heavy atom. The van der Waals surface area contributed by atoms with Gasteiger partial charge in [-0.25, -0.2) is 0 Å². The highest BCUT2D eigenvalue weighted by molar-refractivity contribution is 7.83. The first-order valence-corrected chi connectivity index (χ1v) is 9.88. The van der Waals surface area contributed by atoms with E-state index in [2.05, 4.69) is 0 Å². The summed E-state index contributed by atoms with van der Waals surface area (Å²) in [5.41, 5.74) is 0.856. The second-order valence-electron chi connectivity index (χ2n) is 6.43. The SMILES string of the molecule is CN(C1OC2(CCCCC2)OC1Cc1ccccc1Cl)S(=O)(=O)O. The van der Waals surface area contributed by atoms with Crippen molar-refractivity contribution in [3.63, 3.8) is 0 Å². The summed E-state index contributed by atoms with van der Waals surface area (Å²) >= 11 is 6.22. The van der Waals surface area contributed by atoms with E-state index in [4.69, 9.17) is 21.1 Å². The van der Waals surface area contributed by atoms with Crippen LogP contribution in [0.4, 0.5) is 0 Å². The zero-order chi connectivity index (χ0) is 17.4. The van der Waals surface area contributed by atoms with E-state index in [1.165, 1.54) is 7.05 Å². The monoisotopic (exact) mass is 375 g/mol. The maximum absolute atomic E-state index is 11.6. The summed E-state index contributed by atoms with van der Waals surface area (Å²) in [6.45, 7) is 0. The third kappa shape index (κ3) is 3.76.